The van der Waals surface area contributed by atoms with Gasteiger partial charge in [0, 0.05) is 25.2 Å². The predicted molar refractivity (Wildman–Crippen MR) is 79.7 cm³/mol. The average molecular weight is 315 g/mol. The van der Waals surface area contributed by atoms with Crippen LogP contribution in [0.5, 0.6) is 0 Å². The number of nitrogens with two attached hydrogens (primary N) is 1. The van der Waals surface area contributed by atoms with Crippen LogP contribution in [-0.4, -0.2) is 39.5 Å². The summed E-state index contributed by atoms with van der Waals surface area (Å²) in [5.74, 6) is -0.284. The van der Waals surface area contributed by atoms with Crippen LogP contribution in [0.15, 0.2) is 23.1 Å². The minimum atomic E-state index is -3.73. The molecule has 0 bridgehead atoms. The Morgan fingerprint density at radius 2 is 2.24 bits per heavy atom. The Labute approximate surface area is 125 Å². The lowest BCUT2D eigenvalue weighted by atomic mass is 10.1. The zero-order valence-electron chi connectivity index (χ0n) is 12.2. The molecule has 1 heterocycles. The van der Waals surface area contributed by atoms with Crippen molar-refractivity contribution in [3.8, 4) is 0 Å². The lowest BCUT2D eigenvalue weighted by molar-refractivity contribution is 0.342. The second-order valence-corrected chi connectivity index (χ2v) is 7.06. The van der Waals surface area contributed by atoms with E-state index in [-0.39, 0.29) is 17.0 Å². The summed E-state index contributed by atoms with van der Waals surface area (Å²) in [7, 11) is -3.73. The van der Waals surface area contributed by atoms with Gasteiger partial charge in [0.05, 0.1) is 4.90 Å². The van der Waals surface area contributed by atoms with Crippen molar-refractivity contribution in [1.29, 1.82) is 0 Å². The molecule has 21 heavy (non-hydrogen) atoms. The van der Waals surface area contributed by atoms with Gasteiger partial charge in [-0.2, -0.15) is 0 Å². The first kappa shape index (κ1) is 16.4. The van der Waals surface area contributed by atoms with Crippen molar-refractivity contribution in [2.45, 2.75) is 24.8 Å². The van der Waals surface area contributed by atoms with Gasteiger partial charge < -0.3 is 10.6 Å². The van der Waals surface area contributed by atoms with Gasteiger partial charge in [-0.3, -0.25) is 0 Å². The SMILES string of the molecule is CCN1CCC(CNS(=O)(=O)c2cccc(F)c2CN)C1. The molecule has 1 saturated heterocycles. The highest BCUT2D eigenvalue weighted by molar-refractivity contribution is 7.89. The highest BCUT2D eigenvalue weighted by Gasteiger charge is 2.25. The summed E-state index contributed by atoms with van der Waals surface area (Å²) in [6.45, 7) is 5.19. The molecule has 5 nitrogen and oxygen atoms in total. The Morgan fingerprint density at radius 1 is 1.48 bits per heavy atom. The van der Waals surface area contributed by atoms with Gasteiger partial charge in [-0.05, 0) is 37.6 Å². The van der Waals surface area contributed by atoms with Crippen LogP contribution >= 0.6 is 0 Å². The first-order chi connectivity index (χ1) is 9.97. The number of halogens is 1. The lowest BCUT2D eigenvalue weighted by Gasteiger charge is -2.15. The summed E-state index contributed by atoms with van der Waals surface area (Å²) in [6, 6.07) is 4.00. The van der Waals surface area contributed by atoms with Crippen molar-refractivity contribution < 1.29 is 12.8 Å². The molecule has 1 fully saturated rings. The average Bonchev–Trinajstić information content (AvgIpc) is 2.93. The summed E-state index contributed by atoms with van der Waals surface area (Å²) < 4.78 is 40.9. The number of sulfonamides is 1. The van der Waals surface area contributed by atoms with E-state index in [1.165, 1.54) is 18.2 Å². The number of likely N-dealkylation sites (tertiary alicyclic amines) is 1. The Balaban J connectivity index is 2.07. The normalized spacial score (nSPS) is 20.0. The Bertz CT molecular complexity index is 592. The van der Waals surface area contributed by atoms with Crippen LogP contribution in [0.3, 0.4) is 0 Å². The largest absolute Gasteiger partial charge is 0.326 e. The minimum Gasteiger partial charge on any atom is -0.326 e. The maximum Gasteiger partial charge on any atom is 0.241 e. The lowest BCUT2D eigenvalue weighted by Crippen LogP contribution is -2.32. The fourth-order valence-corrected chi connectivity index (χ4v) is 4.03. The minimum absolute atomic E-state index is 0.0339. The second kappa shape index (κ2) is 6.83. The molecule has 1 aliphatic rings. The van der Waals surface area contributed by atoms with Crippen LogP contribution in [0.4, 0.5) is 4.39 Å². The first-order valence-electron chi connectivity index (χ1n) is 7.17. The van der Waals surface area contributed by atoms with Crippen LogP contribution < -0.4 is 10.5 Å². The van der Waals surface area contributed by atoms with Gasteiger partial charge >= 0.3 is 0 Å². The van der Waals surface area contributed by atoms with Crippen LogP contribution in [0, 0.1) is 11.7 Å². The van der Waals surface area contributed by atoms with E-state index in [1.54, 1.807) is 0 Å². The van der Waals surface area contributed by atoms with Crippen molar-refractivity contribution in [1.82, 2.24) is 9.62 Å². The van der Waals surface area contributed by atoms with Crippen molar-refractivity contribution in [3.63, 3.8) is 0 Å². The van der Waals surface area contributed by atoms with Crippen molar-refractivity contribution >= 4 is 10.0 Å². The maximum absolute atomic E-state index is 13.6. The number of hydrogen-bond donors (Lipinski definition) is 2. The fourth-order valence-electron chi connectivity index (χ4n) is 2.66. The molecule has 1 aliphatic heterocycles. The van der Waals surface area contributed by atoms with Crippen molar-refractivity contribution in [3.05, 3.63) is 29.6 Å². The van der Waals surface area contributed by atoms with E-state index in [9.17, 15) is 12.8 Å². The maximum atomic E-state index is 13.6. The van der Waals surface area contributed by atoms with Crippen molar-refractivity contribution in [2.24, 2.45) is 11.7 Å². The van der Waals surface area contributed by atoms with Crippen LogP contribution in [0.2, 0.25) is 0 Å². The predicted octanol–water partition coefficient (Wildman–Crippen LogP) is 0.905. The zero-order valence-corrected chi connectivity index (χ0v) is 13.0. The van der Waals surface area contributed by atoms with Crippen LogP contribution in [0.25, 0.3) is 0 Å². The molecular weight excluding hydrogens is 293 g/mol. The van der Waals surface area contributed by atoms with E-state index >= 15 is 0 Å². The third-order valence-electron chi connectivity index (χ3n) is 3.95. The molecule has 1 unspecified atom stereocenters. The number of benzene rings is 1. The van der Waals surface area contributed by atoms with Gasteiger partial charge in [-0.1, -0.05) is 13.0 Å². The quantitative estimate of drug-likeness (QED) is 0.818. The van der Waals surface area contributed by atoms with Crippen LogP contribution in [-0.2, 0) is 16.6 Å². The molecule has 0 aliphatic carbocycles. The molecule has 0 spiro atoms. The van der Waals surface area contributed by atoms with Gasteiger partial charge in [0.1, 0.15) is 5.82 Å². The monoisotopic (exact) mass is 315 g/mol. The molecule has 1 aromatic carbocycles. The highest BCUT2D eigenvalue weighted by Crippen LogP contribution is 2.20. The van der Waals surface area contributed by atoms with Gasteiger partial charge in [-0.15, -0.1) is 0 Å². The summed E-state index contributed by atoms with van der Waals surface area (Å²) in [6.07, 6.45) is 0.975. The topological polar surface area (TPSA) is 75.4 Å². The molecule has 0 saturated carbocycles. The molecule has 118 valence electrons. The molecule has 3 N–H and O–H groups in total. The third kappa shape index (κ3) is 3.79. The molecule has 7 heteroatoms. The van der Waals surface area contributed by atoms with E-state index in [2.05, 4.69) is 16.5 Å². The zero-order chi connectivity index (χ0) is 15.5. The molecule has 0 radical (unpaired) electrons. The van der Waals surface area contributed by atoms with Gasteiger partial charge in [0.25, 0.3) is 0 Å². The number of hydrogen-bond acceptors (Lipinski definition) is 4. The molecule has 2 rings (SSSR count). The van der Waals surface area contributed by atoms with E-state index in [4.69, 9.17) is 5.73 Å². The fraction of sp³-hybridized carbons (Fsp3) is 0.571. The molecule has 0 amide bonds. The Morgan fingerprint density at radius 3 is 2.86 bits per heavy atom. The van der Waals surface area contributed by atoms with Gasteiger partial charge in [-0.25, -0.2) is 17.5 Å². The Kier molecular flexibility index (Phi) is 5.32. The van der Waals surface area contributed by atoms with E-state index in [0.717, 1.165) is 26.1 Å². The van der Waals surface area contributed by atoms with E-state index in [0.29, 0.717) is 12.5 Å². The number of nitrogens with one attached hydrogen (secondary N) is 1. The summed E-state index contributed by atoms with van der Waals surface area (Å²) in [5.41, 5.74) is 5.50. The standard InChI is InChI=1S/C14H22FN3O2S/c1-2-18-7-6-11(10-18)9-17-21(19,20)14-5-3-4-13(15)12(14)8-16/h3-5,11,17H,2,6-10,16H2,1H3. The highest BCUT2D eigenvalue weighted by atomic mass is 32.2. The van der Waals surface area contributed by atoms with Crippen LogP contribution in [0.1, 0.15) is 18.9 Å². The van der Waals surface area contributed by atoms with Crippen molar-refractivity contribution in [2.75, 3.05) is 26.2 Å². The third-order valence-corrected chi connectivity index (χ3v) is 5.46. The first-order valence-corrected chi connectivity index (χ1v) is 8.65. The second-order valence-electron chi connectivity index (χ2n) is 5.32. The molecular formula is C14H22FN3O2S. The number of nitrogens with zero attached hydrogens (tertiary/aromatic N) is 1. The van der Waals surface area contributed by atoms with Gasteiger partial charge in [0.2, 0.25) is 10.0 Å². The smallest absolute Gasteiger partial charge is 0.241 e. The molecule has 1 atom stereocenters. The van der Waals surface area contributed by atoms with E-state index in [1.807, 2.05) is 0 Å². The molecule has 1 aromatic rings. The summed E-state index contributed by atoms with van der Waals surface area (Å²) in [5, 5.41) is 0. The Hall–Kier alpha value is -1.02. The van der Waals surface area contributed by atoms with E-state index < -0.39 is 15.8 Å². The summed E-state index contributed by atoms with van der Waals surface area (Å²) in [4.78, 5) is 2.22. The summed E-state index contributed by atoms with van der Waals surface area (Å²) >= 11 is 0. The molecule has 0 aromatic heterocycles. The number of rotatable bonds is 6. The van der Waals surface area contributed by atoms with Gasteiger partial charge in [0.15, 0.2) is 0 Å².